The van der Waals surface area contributed by atoms with Gasteiger partial charge in [-0.3, -0.25) is 4.40 Å². The van der Waals surface area contributed by atoms with Crippen LogP contribution >= 0.6 is 11.8 Å². The molecular weight excluding hydrogens is 316 g/mol. The van der Waals surface area contributed by atoms with Gasteiger partial charge in [0.15, 0.2) is 5.16 Å². The SMILES string of the molecule is N#CCCCCSc1nc2ccccc2c2nc3ccccc3n12. The first kappa shape index (κ1) is 15.0. The zero-order valence-corrected chi connectivity index (χ0v) is 14.0. The molecule has 0 radical (unpaired) electrons. The second-order valence-corrected chi connectivity index (χ2v) is 6.70. The summed E-state index contributed by atoms with van der Waals surface area (Å²) in [5.41, 5.74) is 4.01. The standard InChI is InChI=1S/C19H16N4S/c20-12-6-1-7-13-24-19-22-15-9-3-2-8-14(15)18-21-16-10-4-5-11-17(16)23(18)19/h2-5,8-11H,1,6-7,13H2. The molecule has 0 aliphatic heterocycles. The normalized spacial score (nSPS) is 11.3. The maximum absolute atomic E-state index is 8.65. The Kier molecular flexibility index (Phi) is 4.06. The van der Waals surface area contributed by atoms with Crippen LogP contribution in [-0.2, 0) is 0 Å². The molecule has 0 amide bonds. The maximum atomic E-state index is 8.65. The molecule has 0 aliphatic carbocycles. The van der Waals surface area contributed by atoms with E-state index in [0.29, 0.717) is 6.42 Å². The molecule has 2 aromatic carbocycles. The minimum Gasteiger partial charge on any atom is -0.271 e. The fourth-order valence-electron chi connectivity index (χ4n) is 2.88. The van der Waals surface area contributed by atoms with E-state index in [2.05, 4.69) is 22.6 Å². The van der Waals surface area contributed by atoms with Crippen molar-refractivity contribution in [2.24, 2.45) is 0 Å². The Morgan fingerprint density at radius 1 is 0.958 bits per heavy atom. The second kappa shape index (κ2) is 6.50. The lowest BCUT2D eigenvalue weighted by atomic mass is 10.2. The molecule has 0 bridgehead atoms. The van der Waals surface area contributed by atoms with Crippen molar-refractivity contribution in [3.63, 3.8) is 0 Å². The molecule has 5 heteroatoms. The molecule has 4 aromatic rings. The first-order valence-electron chi connectivity index (χ1n) is 8.04. The third-order valence-electron chi connectivity index (χ3n) is 4.03. The Bertz CT molecular complexity index is 1060. The Morgan fingerprint density at radius 2 is 1.75 bits per heavy atom. The molecular formula is C19H16N4S. The summed E-state index contributed by atoms with van der Waals surface area (Å²) in [4.78, 5) is 9.69. The van der Waals surface area contributed by atoms with Gasteiger partial charge in [-0.2, -0.15) is 5.26 Å². The molecule has 0 unspecified atom stereocenters. The number of nitriles is 1. The number of para-hydroxylation sites is 3. The minimum absolute atomic E-state index is 0.620. The highest BCUT2D eigenvalue weighted by Gasteiger charge is 2.13. The van der Waals surface area contributed by atoms with Crippen molar-refractivity contribution in [2.45, 2.75) is 24.4 Å². The number of unbranched alkanes of at least 4 members (excludes halogenated alkanes) is 2. The van der Waals surface area contributed by atoms with Crippen LogP contribution in [0.1, 0.15) is 19.3 Å². The van der Waals surface area contributed by atoms with Crippen molar-refractivity contribution >= 4 is 39.3 Å². The van der Waals surface area contributed by atoms with Gasteiger partial charge < -0.3 is 0 Å². The third kappa shape index (κ3) is 2.59. The number of thioether (sulfide) groups is 1. The monoisotopic (exact) mass is 332 g/mol. The number of hydrogen-bond donors (Lipinski definition) is 0. The van der Waals surface area contributed by atoms with Gasteiger partial charge in [-0.05, 0) is 37.1 Å². The highest BCUT2D eigenvalue weighted by atomic mass is 32.2. The van der Waals surface area contributed by atoms with Gasteiger partial charge in [0.2, 0.25) is 0 Å². The summed E-state index contributed by atoms with van der Waals surface area (Å²) >= 11 is 1.74. The number of hydrogen-bond acceptors (Lipinski definition) is 4. The Hall–Kier alpha value is -2.58. The van der Waals surface area contributed by atoms with Gasteiger partial charge in [-0.25, -0.2) is 9.97 Å². The van der Waals surface area contributed by atoms with Crippen molar-refractivity contribution < 1.29 is 0 Å². The summed E-state index contributed by atoms with van der Waals surface area (Å²) in [7, 11) is 0. The quantitative estimate of drug-likeness (QED) is 0.299. The van der Waals surface area contributed by atoms with E-state index < -0.39 is 0 Å². The molecule has 118 valence electrons. The third-order valence-corrected chi connectivity index (χ3v) is 5.05. The molecule has 4 rings (SSSR count). The number of benzene rings is 2. The van der Waals surface area contributed by atoms with Crippen molar-refractivity contribution in [3.05, 3.63) is 48.5 Å². The summed E-state index contributed by atoms with van der Waals surface area (Å²) in [5.74, 6) is 0.953. The summed E-state index contributed by atoms with van der Waals surface area (Å²) in [6, 6.07) is 18.5. The predicted octanol–water partition coefficient (Wildman–Crippen LogP) is 4.82. The van der Waals surface area contributed by atoms with E-state index in [0.717, 1.165) is 51.3 Å². The van der Waals surface area contributed by atoms with Gasteiger partial charge in [0.25, 0.3) is 0 Å². The van der Waals surface area contributed by atoms with Gasteiger partial charge in [0.05, 0.1) is 22.6 Å². The lowest BCUT2D eigenvalue weighted by molar-refractivity contribution is 0.826. The largest absolute Gasteiger partial charge is 0.271 e. The fourth-order valence-corrected chi connectivity index (χ4v) is 3.89. The van der Waals surface area contributed by atoms with E-state index in [1.807, 2.05) is 36.4 Å². The van der Waals surface area contributed by atoms with E-state index >= 15 is 0 Å². The Labute approximate surface area is 144 Å². The number of rotatable bonds is 5. The van der Waals surface area contributed by atoms with Crippen molar-refractivity contribution in [1.82, 2.24) is 14.4 Å². The maximum Gasteiger partial charge on any atom is 0.174 e. The lowest BCUT2D eigenvalue weighted by Gasteiger charge is -2.08. The minimum atomic E-state index is 0.620. The molecule has 0 saturated heterocycles. The second-order valence-electron chi connectivity index (χ2n) is 5.63. The van der Waals surface area contributed by atoms with Crippen molar-refractivity contribution in [2.75, 3.05) is 5.75 Å². The highest BCUT2D eigenvalue weighted by molar-refractivity contribution is 7.99. The molecule has 0 N–H and O–H groups in total. The van der Waals surface area contributed by atoms with Gasteiger partial charge >= 0.3 is 0 Å². The van der Waals surface area contributed by atoms with Crippen molar-refractivity contribution in [3.8, 4) is 6.07 Å². The van der Waals surface area contributed by atoms with Gasteiger partial charge in [0.1, 0.15) is 5.65 Å². The van der Waals surface area contributed by atoms with Gasteiger partial charge in [-0.1, -0.05) is 36.0 Å². The van der Waals surface area contributed by atoms with Crippen LogP contribution in [0.15, 0.2) is 53.7 Å². The fraction of sp³-hybridized carbons (Fsp3) is 0.211. The van der Waals surface area contributed by atoms with Crippen LogP contribution in [0.5, 0.6) is 0 Å². The summed E-state index contributed by atoms with van der Waals surface area (Å²) in [6.45, 7) is 0. The topological polar surface area (TPSA) is 54.0 Å². The molecule has 0 aliphatic rings. The van der Waals surface area contributed by atoms with Gasteiger partial charge in [-0.15, -0.1) is 0 Å². The van der Waals surface area contributed by atoms with Crippen LogP contribution in [0.2, 0.25) is 0 Å². The molecule has 2 heterocycles. The molecule has 24 heavy (non-hydrogen) atoms. The van der Waals surface area contributed by atoms with E-state index in [4.69, 9.17) is 15.2 Å². The smallest absolute Gasteiger partial charge is 0.174 e. The van der Waals surface area contributed by atoms with Gasteiger partial charge in [0, 0.05) is 17.6 Å². The van der Waals surface area contributed by atoms with E-state index in [1.165, 1.54) is 0 Å². The first-order chi connectivity index (χ1) is 11.9. The van der Waals surface area contributed by atoms with Crippen LogP contribution in [0.25, 0.3) is 27.6 Å². The first-order valence-corrected chi connectivity index (χ1v) is 9.03. The van der Waals surface area contributed by atoms with Crippen LogP contribution in [0, 0.1) is 11.3 Å². The molecule has 0 saturated carbocycles. The van der Waals surface area contributed by atoms with Crippen molar-refractivity contribution in [1.29, 1.82) is 5.26 Å². The zero-order chi connectivity index (χ0) is 16.4. The number of imidazole rings is 1. The molecule has 2 aromatic heterocycles. The molecule has 4 nitrogen and oxygen atoms in total. The van der Waals surface area contributed by atoms with Crippen LogP contribution in [0.3, 0.4) is 0 Å². The van der Waals surface area contributed by atoms with Crippen LogP contribution < -0.4 is 0 Å². The number of fused-ring (bicyclic) bond motifs is 5. The highest BCUT2D eigenvalue weighted by Crippen LogP contribution is 2.29. The average Bonchev–Trinajstić information content (AvgIpc) is 3.01. The average molecular weight is 332 g/mol. The van der Waals surface area contributed by atoms with E-state index in [-0.39, 0.29) is 0 Å². The number of nitrogens with zero attached hydrogens (tertiary/aromatic N) is 4. The zero-order valence-electron chi connectivity index (χ0n) is 13.1. The number of aromatic nitrogens is 3. The summed E-state index contributed by atoms with van der Waals surface area (Å²) in [5, 5.41) is 10.7. The Morgan fingerprint density at radius 3 is 2.62 bits per heavy atom. The summed E-state index contributed by atoms with van der Waals surface area (Å²) in [6.07, 6.45) is 2.57. The molecule has 0 spiro atoms. The molecule has 0 atom stereocenters. The van der Waals surface area contributed by atoms with E-state index in [9.17, 15) is 0 Å². The summed E-state index contributed by atoms with van der Waals surface area (Å²) < 4.78 is 2.16. The molecule has 0 fully saturated rings. The van der Waals surface area contributed by atoms with Crippen LogP contribution in [-0.4, -0.2) is 20.1 Å². The predicted molar refractivity (Wildman–Crippen MR) is 98.2 cm³/mol. The van der Waals surface area contributed by atoms with Crippen LogP contribution in [0.4, 0.5) is 0 Å². The van der Waals surface area contributed by atoms with E-state index in [1.54, 1.807) is 11.8 Å². The lowest BCUT2D eigenvalue weighted by Crippen LogP contribution is -1.97. The Balaban J connectivity index is 1.85.